The number of ether oxygens (including phenoxy) is 1. The van der Waals surface area contributed by atoms with Crippen molar-refractivity contribution in [1.82, 2.24) is 29.4 Å². The summed E-state index contributed by atoms with van der Waals surface area (Å²) < 4.78 is 7.61. The summed E-state index contributed by atoms with van der Waals surface area (Å²) in [5.74, 6) is 3.67. The van der Waals surface area contributed by atoms with Crippen LogP contribution in [-0.2, 0) is 0 Å². The molecular formula is C29H26ClN7O. The number of pyridine rings is 1. The molecule has 0 saturated heterocycles. The molecule has 0 spiro atoms. The van der Waals surface area contributed by atoms with Gasteiger partial charge in [-0.3, -0.25) is 9.55 Å². The van der Waals surface area contributed by atoms with E-state index in [1.807, 2.05) is 54.6 Å². The van der Waals surface area contributed by atoms with E-state index >= 15 is 0 Å². The quantitative estimate of drug-likeness (QED) is 0.261. The Morgan fingerprint density at radius 2 is 1.82 bits per heavy atom. The molecule has 0 aliphatic heterocycles. The third-order valence-corrected chi connectivity index (χ3v) is 6.62. The zero-order valence-electron chi connectivity index (χ0n) is 21.3. The molecule has 0 atom stereocenters. The van der Waals surface area contributed by atoms with Crippen LogP contribution in [0.15, 0.2) is 78.8 Å². The van der Waals surface area contributed by atoms with Gasteiger partial charge in [0.15, 0.2) is 5.82 Å². The van der Waals surface area contributed by atoms with Crippen molar-refractivity contribution in [3.63, 3.8) is 0 Å². The summed E-state index contributed by atoms with van der Waals surface area (Å²) in [6, 6.07) is 17.3. The molecule has 1 N–H and O–H groups in total. The topological polar surface area (TPSA) is 81.0 Å². The van der Waals surface area contributed by atoms with Crippen LogP contribution in [0.2, 0.25) is 5.02 Å². The van der Waals surface area contributed by atoms with Crippen LogP contribution in [0, 0.1) is 0 Å². The average Bonchev–Trinajstić information content (AvgIpc) is 3.69. The lowest BCUT2D eigenvalue weighted by Crippen LogP contribution is -2.17. The van der Waals surface area contributed by atoms with Gasteiger partial charge in [0.25, 0.3) is 0 Å². The van der Waals surface area contributed by atoms with Crippen LogP contribution in [0.3, 0.4) is 0 Å². The average molecular weight is 524 g/mol. The van der Waals surface area contributed by atoms with Crippen LogP contribution in [0.4, 0.5) is 11.8 Å². The number of benzene rings is 2. The predicted octanol–water partition coefficient (Wildman–Crippen LogP) is 6.48. The van der Waals surface area contributed by atoms with Gasteiger partial charge in [0.05, 0.1) is 18.3 Å². The van der Waals surface area contributed by atoms with Crippen molar-refractivity contribution in [2.75, 3.05) is 26.5 Å². The van der Waals surface area contributed by atoms with Gasteiger partial charge in [-0.15, -0.1) is 0 Å². The minimum absolute atomic E-state index is 0.572. The van der Waals surface area contributed by atoms with Crippen molar-refractivity contribution in [1.29, 1.82) is 0 Å². The molecule has 1 saturated carbocycles. The summed E-state index contributed by atoms with van der Waals surface area (Å²) in [4.78, 5) is 21.1. The number of hydrogen-bond donors (Lipinski definition) is 1. The number of anilines is 2. The van der Waals surface area contributed by atoms with E-state index in [0.29, 0.717) is 22.6 Å². The minimum atomic E-state index is 0.572. The highest BCUT2D eigenvalue weighted by Crippen LogP contribution is 2.38. The molecule has 3 aromatic heterocycles. The Hall–Kier alpha value is -4.43. The van der Waals surface area contributed by atoms with E-state index < -0.39 is 0 Å². The van der Waals surface area contributed by atoms with Crippen LogP contribution in [0.25, 0.3) is 39.4 Å². The lowest BCUT2D eigenvalue weighted by molar-refractivity contribution is 0.415. The number of aromatic nitrogens is 5. The number of nitrogens with zero attached hydrogens (tertiary/aromatic N) is 6. The number of fused-ring (bicyclic) bond motifs is 1. The molecule has 0 unspecified atom stereocenters. The van der Waals surface area contributed by atoms with Gasteiger partial charge in [0.1, 0.15) is 17.4 Å². The molecule has 0 bridgehead atoms. The Kier molecular flexibility index (Phi) is 6.17. The number of allylic oxidation sites excluding steroid dienone is 1. The molecule has 5 aromatic rings. The van der Waals surface area contributed by atoms with Gasteiger partial charge in [0.2, 0.25) is 5.95 Å². The van der Waals surface area contributed by atoms with Crippen molar-refractivity contribution in [2.24, 2.45) is 0 Å². The Morgan fingerprint density at radius 3 is 2.50 bits per heavy atom. The monoisotopic (exact) mass is 523 g/mol. The van der Waals surface area contributed by atoms with Crippen molar-refractivity contribution >= 4 is 40.1 Å². The molecule has 6 rings (SSSR count). The van der Waals surface area contributed by atoms with E-state index in [4.69, 9.17) is 31.3 Å². The maximum Gasteiger partial charge on any atom is 0.214 e. The van der Waals surface area contributed by atoms with E-state index in [1.54, 1.807) is 19.5 Å². The number of halogens is 1. The molecule has 1 fully saturated rings. The Bertz CT molecular complexity index is 1650. The van der Waals surface area contributed by atoms with Gasteiger partial charge in [0, 0.05) is 54.2 Å². The summed E-state index contributed by atoms with van der Waals surface area (Å²) in [6.07, 6.45) is 7.69. The van der Waals surface area contributed by atoms with Crippen molar-refractivity contribution < 1.29 is 4.74 Å². The minimum Gasteiger partial charge on any atom is -0.497 e. The van der Waals surface area contributed by atoms with Gasteiger partial charge in [-0.25, -0.2) is 15.0 Å². The lowest BCUT2D eigenvalue weighted by atomic mass is 10.2. The van der Waals surface area contributed by atoms with Gasteiger partial charge >= 0.3 is 0 Å². The van der Waals surface area contributed by atoms with E-state index in [9.17, 15) is 0 Å². The summed E-state index contributed by atoms with van der Waals surface area (Å²) in [7, 11) is 5.76. The molecule has 3 heterocycles. The second-order valence-electron chi connectivity index (χ2n) is 9.29. The molecule has 190 valence electrons. The van der Waals surface area contributed by atoms with Crippen LogP contribution >= 0.6 is 11.6 Å². The summed E-state index contributed by atoms with van der Waals surface area (Å²) >= 11 is 6.15. The van der Waals surface area contributed by atoms with E-state index in [0.717, 1.165) is 52.1 Å². The first-order valence-electron chi connectivity index (χ1n) is 12.3. The summed E-state index contributed by atoms with van der Waals surface area (Å²) in [5, 5.41) is 5.04. The molecule has 1 aliphatic rings. The van der Waals surface area contributed by atoms with Gasteiger partial charge in [-0.1, -0.05) is 23.7 Å². The molecule has 9 heteroatoms. The molecular weight excluding hydrogens is 498 g/mol. The van der Waals surface area contributed by atoms with Gasteiger partial charge in [-0.05, 0) is 60.9 Å². The van der Waals surface area contributed by atoms with Crippen LogP contribution in [-0.4, -0.2) is 50.6 Å². The maximum absolute atomic E-state index is 6.15. The molecule has 38 heavy (non-hydrogen) atoms. The fourth-order valence-electron chi connectivity index (χ4n) is 4.44. The molecule has 2 aromatic carbocycles. The second kappa shape index (κ2) is 9.79. The van der Waals surface area contributed by atoms with Crippen LogP contribution < -0.4 is 10.1 Å². The SMILES string of the molecule is COc1ccc2nc(-c3cccnc3)nc(Nc3nc(-c4ccc(Cl)cc4)cn3C(=C3CC3)N(C)C)c2c1. The fraction of sp³-hybridized carbons (Fsp3) is 0.172. The zero-order chi connectivity index (χ0) is 26.2. The van der Waals surface area contributed by atoms with Gasteiger partial charge < -0.3 is 15.0 Å². The number of nitrogens with one attached hydrogen (secondary N) is 1. The molecule has 1 aliphatic carbocycles. The van der Waals surface area contributed by atoms with Gasteiger partial charge in [-0.2, -0.15) is 0 Å². The van der Waals surface area contributed by atoms with Crippen molar-refractivity contribution in [3.05, 3.63) is 83.8 Å². The summed E-state index contributed by atoms with van der Waals surface area (Å²) in [5.41, 5.74) is 4.79. The fourth-order valence-corrected chi connectivity index (χ4v) is 4.56. The highest BCUT2D eigenvalue weighted by Gasteiger charge is 2.24. The Labute approximate surface area is 225 Å². The van der Waals surface area contributed by atoms with Crippen LogP contribution in [0.1, 0.15) is 12.8 Å². The maximum atomic E-state index is 6.15. The first kappa shape index (κ1) is 23.9. The number of rotatable bonds is 7. The molecule has 8 nitrogen and oxygen atoms in total. The van der Waals surface area contributed by atoms with E-state index in [-0.39, 0.29) is 0 Å². The smallest absolute Gasteiger partial charge is 0.214 e. The third-order valence-electron chi connectivity index (χ3n) is 6.37. The van der Waals surface area contributed by atoms with E-state index in [2.05, 4.69) is 40.1 Å². The molecule has 0 radical (unpaired) electrons. The first-order chi connectivity index (χ1) is 18.5. The highest BCUT2D eigenvalue weighted by atomic mass is 35.5. The number of methoxy groups -OCH3 is 1. The number of hydrogen-bond acceptors (Lipinski definition) is 7. The first-order valence-corrected chi connectivity index (χ1v) is 12.7. The lowest BCUT2D eigenvalue weighted by Gasteiger charge is -2.20. The standard InChI is InChI=1S/C29H26ClN7O/c1-36(2)28(19-6-7-19)37-17-25(18-8-10-21(30)11-9-18)33-29(37)35-27-23-15-22(38-3)12-13-24(23)32-26(34-27)20-5-4-14-31-16-20/h4-5,8-17H,6-7H2,1-3H3,(H,32,33,34,35). The van der Waals surface area contributed by atoms with Crippen molar-refractivity contribution in [3.8, 4) is 28.4 Å². The van der Waals surface area contributed by atoms with E-state index in [1.165, 1.54) is 5.57 Å². The molecule has 0 amide bonds. The Balaban J connectivity index is 1.53. The second-order valence-corrected chi connectivity index (χ2v) is 9.73. The van der Waals surface area contributed by atoms with Crippen LogP contribution in [0.5, 0.6) is 5.75 Å². The largest absolute Gasteiger partial charge is 0.497 e. The third kappa shape index (κ3) is 4.66. The summed E-state index contributed by atoms with van der Waals surface area (Å²) in [6.45, 7) is 0. The Morgan fingerprint density at radius 1 is 1.00 bits per heavy atom. The number of imidazole rings is 1. The highest BCUT2D eigenvalue weighted by molar-refractivity contribution is 6.30. The van der Waals surface area contributed by atoms with Crippen molar-refractivity contribution in [2.45, 2.75) is 12.8 Å². The zero-order valence-corrected chi connectivity index (χ0v) is 22.1. The normalized spacial score (nSPS) is 12.5. The predicted molar refractivity (Wildman–Crippen MR) is 151 cm³/mol.